The normalized spacial score (nSPS) is 21.1. The van der Waals surface area contributed by atoms with Crippen molar-refractivity contribution in [3.63, 3.8) is 0 Å². The molecule has 0 radical (unpaired) electrons. The molecule has 0 aromatic heterocycles. The van der Waals surface area contributed by atoms with Crippen LogP contribution in [0.15, 0.2) is 24.3 Å². The maximum absolute atomic E-state index is 11.1. The lowest BCUT2D eigenvalue weighted by Gasteiger charge is -2.45. The van der Waals surface area contributed by atoms with Crippen molar-refractivity contribution in [2.75, 3.05) is 0 Å². The summed E-state index contributed by atoms with van der Waals surface area (Å²) in [6.07, 6.45) is 3.72. The summed E-state index contributed by atoms with van der Waals surface area (Å²) in [7, 11) is 0. The van der Waals surface area contributed by atoms with Gasteiger partial charge in [-0.15, -0.1) is 0 Å². The summed E-state index contributed by atoms with van der Waals surface area (Å²) >= 11 is 0. The second kappa shape index (κ2) is 5.80. The molecule has 1 aliphatic carbocycles. The molecule has 3 N–H and O–H groups in total. The molecule has 1 saturated carbocycles. The Bertz CT molecular complexity index is 486. The number of amides is 1. The molecule has 1 fully saturated rings. The highest BCUT2D eigenvalue weighted by molar-refractivity contribution is 5.92. The first-order valence-electron chi connectivity index (χ1n) is 7.79. The minimum Gasteiger partial charge on any atom is -0.366 e. The topological polar surface area (TPSA) is 55.1 Å². The third-order valence-corrected chi connectivity index (χ3v) is 4.39. The van der Waals surface area contributed by atoms with Crippen molar-refractivity contribution < 1.29 is 4.79 Å². The zero-order chi connectivity index (χ0) is 15.7. The number of primary amides is 1. The fourth-order valence-corrected chi connectivity index (χ4v) is 4.04. The standard InChI is InChI=1S/C18H28N2O/c1-17(2)9-15(10-18(3,4)12-17)20-11-13-5-7-14(8-6-13)16(19)21/h5-8,15,20H,9-12H2,1-4H3,(H2,19,21). The van der Waals surface area contributed by atoms with Crippen molar-refractivity contribution in [1.82, 2.24) is 5.32 Å². The molecule has 0 unspecified atom stereocenters. The van der Waals surface area contributed by atoms with Crippen LogP contribution in [0.3, 0.4) is 0 Å². The molecule has 3 nitrogen and oxygen atoms in total. The summed E-state index contributed by atoms with van der Waals surface area (Å²) in [6, 6.07) is 8.11. The number of benzene rings is 1. The van der Waals surface area contributed by atoms with Crippen LogP contribution in [0.4, 0.5) is 0 Å². The van der Waals surface area contributed by atoms with Gasteiger partial charge in [-0.2, -0.15) is 0 Å². The maximum Gasteiger partial charge on any atom is 0.248 e. The fraction of sp³-hybridized carbons (Fsp3) is 0.611. The zero-order valence-electron chi connectivity index (χ0n) is 13.7. The highest BCUT2D eigenvalue weighted by atomic mass is 16.1. The first kappa shape index (κ1) is 16.0. The quantitative estimate of drug-likeness (QED) is 0.891. The van der Waals surface area contributed by atoms with Crippen LogP contribution in [-0.4, -0.2) is 11.9 Å². The van der Waals surface area contributed by atoms with Gasteiger partial charge in [-0.1, -0.05) is 39.8 Å². The number of nitrogens with one attached hydrogen (secondary N) is 1. The Hall–Kier alpha value is -1.35. The third kappa shape index (κ3) is 4.57. The van der Waals surface area contributed by atoms with E-state index in [9.17, 15) is 4.79 Å². The van der Waals surface area contributed by atoms with Gasteiger partial charge in [0.1, 0.15) is 0 Å². The lowest BCUT2D eigenvalue weighted by atomic mass is 9.63. The van der Waals surface area contributed by atoms with Crippen LogP contribution in [0.2, 0.25) is 0 Å². The molecule has 3 heteroatoms. The number of hydrogen-bond donors (Lipinski definition) is 2. The van der Waals surface area contributed by atoms with Crippen LogP contribution < -0.4 is 11.1 Å². The molecule has 116 valence electrons. The second-order valence-corrected chi connectivity index (χ2v) is 8.05. The predicted molar refractivity (Wildman–Crippen MR) is 87.0 cm³/mol. The Morgan fingerprint density at radius 2 is 1.67 bits per heavy atom. The predicted octanol–water partition coefficient (Wildman–Crippen LogP) is 3.48. The number of carbonyl (C=O) groups excluding carboxylic acids is 1. The van der Waals surface area contributed by atoms with Gasteiger partial charge in [-0.05, 0) is 47.8 Å². The van der Waals surface area contributed by atoms with Crippen molar-refractivity contribution >= 4 is 5.91 Å². The Labute approximate surface area is 128 Å². The van der Waals surface area contributed by atoms with Crippen molar-refractivity contribution in [2.45, 2.75) is 59.5 Å². The summed E-state index contributed by atoms with van der Waals surface area (Å²) < 4.78 is 0. The van der Waals surface area contributed by atoms with Gasteiger partial charge < -0.3 is 11.1 Å². The molecule has 1 aromatic rings. The lowest BCUT2D eigenvalue weighted by Crippen LogP contribution is -2.43. The molecule has 0 bridgehead atoms. The number of rotatable bonds is 4. The van der Waals surface area contributed by atoms with Gasteiger partial charge in [0.05, 0.1) is 0 Å². The van der Waals surface area contributed by atoms with Gasteiger partial charge in [-0.25, -0.2) is 0 Å². The average molecular weight is 288 g/mol. The molecule has 21 heavy (non-hydrogen) atoms. The average Bonchev–Trinajstić information content (AvgIpc) is 2.33. The first-order valence-corrected chi connectivity index (χ1v) is 7.79. The van der Waals surface area contributed by atoms with Crippen LogP contribution in [0.5, 0.6) is 0 Å². The molecule has 0 heterocycles. The molecule has 1 aromatic carbocycles. The summed E-state index contributed by atoms with van der Waals surface area (Å²) in [5, 5.41) is 3.68. The molecule has 0 atom stereocenters. The number of carbonyl (C=O) groups is 1. The van der Waals surface area contributed by atoms with Crippen molar-refractivity contribution in [1.29, 1.82) is 0 Å². The highest BCUT2D eigenvalue weighted by Gasteiger charge is 2.38. The second-order valence-electron chi connectivity index (χ2n) is 8.05. The van der Waals surface area contributed by atoms with Crippen LogP contribution >= 0.6 is 0 Å². The molecule has 2 rings (SSSR count). The third-order valence-electron chi connectivity index (χ3n) is 4.39. The minimum atomic E-state index is -0.370. The molecular formula is C18H28N2O. The first-order chi connectivity index (χ1) is 9.67. The van der Waals surface area contributed by atoms with Gasteiger partial charge in [-0.3, -0.25) is 4.79 Å². The number of hydrogen-bond acceptors (Lipinski definition) is 2. The van der Waals surface area contributed by atoms with Gasteiger partial charge in [0.15, 0.2) is 0 Å². The van der Waals surface area contributed by atoms with Crippen LogP contribution in [0.25, 0.3) is 0 Å². The van der Waals surface area contributed by atoms with Crippen molar-refractivity contribution in [3.8, 4) is 0 Å². The molecule has 0 aliphatic heterocycles. The Morgan fingerprint density at radius 1 is 1.14 bits per heavy atom. The van der Waals surface area contributed by atoms with Crippen LogP contribution in [-0.2, 0) is 6.54 Å². The van der Waals surface area contributed by atoms with E-state index in [1.165, 1.54) is 24.8 Å². The smallest absolute Gasteiger partial charge is 0.248 e. The molecule has 0 spiro atoms. The molecular weight excluding hydrogens is 260 g/mol. The molecule has 0 saturated heterocycles. The summed E-state index contributed by atoms with van der Waals surface area (Å²) in [4.78, 5) is 11.1. The van der Waals surface area contributed by atoms with E-state index in [-0.39, 0.29) is 5.91 Å². The van der Waals surface area contributed by atoms with Crippen molar-refractivity contribution in [2.24, 2.45) is 16.6 Å². The lowest BCUT2D eigenvalue weighted by molar-refractivity contribution is 0.0844. The van der Waals surface area contributed by atoms with Gasteiger partial charge >= 0.3 is 0 Å². The summed E-state index contributed by atoms with van der Waals surface area (Å²) in [5.41, 5.74) is 7.82. The summed E-state index contributed by atoms with van der Waals surface area (Å²) in [6.45, 7) is 10.3. The SMILES string of the molecule is CC1(C)CC(NCc2ccc(C(N)=O)cc2)CC(C)(C)C1. The van der Waals surface area contributed by atoms with E-state index in [1.54, 1.807) is 12.1 Å². The van der Waals surface area contributed by atoms with E-state index < -0.39 is 0 Å². The fourth-order valence-electron chi connectivity index (χ4n) is 4.04. The van der Waals surface area contributed by atoms with E-state index in [0.717, 1.165) is 6.54 Å². The highest BCUT2D eigenvalue weighted by Crippen LogP contribution is 2.45. The zero-order valence-corrected chi connectivity index (χ0v) is 13.7. The maximum atomic E-state index is 11.1. The van der Waals surface area contributed by atoms with Crippen molar-refractivity contribution in [3.05, 3.63) is 35.4 Å². The molecule has 1 amide bonds. The van der Waals surface area contributed by atoms with E-state index in [1.807, 2.05) is 12.1 Å². The van der Waals surface area contributed by atoms with Crippen LogP contribution in [0.1, 0.15) is 62.9 Å². The van der Waals surface area contributed by atoms with E-state index in [2.05, 4.69) is 33.0 Å². The molecule has 1 aliphatic rings. The monoisotopic (exact) mass is 288 g/mol. The van der Waals surface area contributed by atoms with Gasteiger partial charge in [0.2, 0.25) is 5.91 Å². The summed E-state index contributed by atoms with van der Waals surface area (Å²) in [5.74, 6) is -0.370. The Balaban J connectivity index is 1.94. The Kier molecular flexibility index (Phi) is 4.43. The van der Waals surface area contributed by atoms with E-state index in [0.29, 0.717) is 22.4 Å². The van der Waals surface area contributed by atoms with Gasteiger partial charge in [0.25, 0.3) is 0 Å². The van der Waals surface area contributed by atoms with Gasteiger partial charge in [0, 0.05) is 18.2 Å². The van der Waals surface area contributed by atoms with Crippen LogP contribution in [0, 0.1) is 10.8 Å². The Morgan fingerprint density at radius 3 is 2.14 bits per heavy atom. The van der Waals surface area contributed by atoms with E-state index >= 15 is 0 Å². The minimum absolute atomic E-state index is 0.370. The largest absolute Gasteiger partial charge is 0.366 e. The van der Waals surface area contributed by atoms with E-state index in [4.69, 9.17) is 5.73 Å². The number of nitrogens with two attached hydrogens (primary N) is 1.